The predicted octanol–water partition coefficient (Wildman–Crippen LogP) is -0.715. The summed E-state index contributed by atoms with van der Waals surface area (Å²) in [7, 11) is 5.45. The first-order valence-corrected chi connectivity index (χ1v) is 5.13. The zero-order chi connectivity index (χ0) is 11.5. The lowest BCUT2D eigenvalue weighted by atomic mass is 9.86. The van der Waals surface area contributed by atoms with E-state index in [1.807, 2.05) is 7.05 Å². The summed E-state index contributed by atoms with van der Waals surface area (Å²) in [6.45, 7) is 1.67. The van der Waals surface area contributed by atoms with Crippen LogP contribution >= 0.6 is 0 Å². The van der Waals surface area contributed by atoms with Crippen molar-refractivity contribution >= 4 is 12.3 Å². The quantitative estimate of drug-likeness (QED) is 0.630. The van der Waals surface area contributed by atoms with E-state index >= 15 is 0 Å². The van der Waals surface area contributed by atoms with Gasteiger partial charge in [0.05, 0.1) is 0 Å². The fourth-order valence-corrected chi connectivity index (χ4v) is 1.96. The van der Waals surface area contributed by atoms with E-state index in [1.165, 1.54) is 0 Å². The summed E-state index contributed by atoms with van der Waals surface area (Å²) in [5.41, 5.74) is -0.683. The molecule has 5 nitrogen and oxygen atoms in total. The fraction of sp³-hybridized carbons (Fsp3) is 0.800. The Hall–Kier alpha value is -1.10. The summed E-state index contributed by atoms with van der Waals surface area (Å²) in [4.78, 5) is 26.3. The molecular weight excluding hydrogens is 194 g/mol. The third-order valence-electron chi connectivity index (χ3n) is 2.99. The molecule has 0 aromatic carbocycles. The summed E-state index contributed by atoms with van der Waals surface area (Å²) < 4.78 is 0. The number of amides is 2. The van der Waals surface area contributed by atoms with Gasteiger partial charge in [0.15, 0.2) is 0 Å². The average molecular weight is 213 g/mol. The molecule has 1 N–H and O–H groups in total. The Labute approximate surface area is 90.4 Å². The molecule has 86 valence electrons. The summed E-state index contributed by atoms with van der Waals surface area (Å²) in [6.07, 6.45) is 1.99. The SMILES string of the molecule is CN1CCC(NC=O)(C(=O)N(C)C)CC1. The lowest BCUT2D eigenvalue weighted by molar-refractivity contribution is -0.139. The van der Waals surface area contributed by atoms with Crippen molar-refractivity contribution in [2.24, 2.45) is 0 Å². The molecule has 1 heterocycles. The van der Waals surface area contributed by atoms with Gasteiger partial charge in [-0.3, -0.25) is 9.59 Å². The molecule has 1 aliphatic rings. The van der Waals surface area contributed by atoms with E-state index in [0.29, 0.717) is 19.3 Å². The zero-order valence-electron chi connectivity index (χ0n) is 9.62. The van der Waals surface area contributed by atoms with Crippen molar-refractivity contribution in [2.45, 2.75) is 18.4 Å². The molecule has 0 bridgehead atoms. The van der Waals surface area contributed by atoms with Gasteiger partial charge >= 0.3 is 0 Å². The standard InChI is InChI=1S/C10H19N3O2/c1-12(2)9(15)10(11-8-14)4-6-13(3)7-5-10/h8H,4-7H2,1-3H3,(H,11,14). The van der Waals surface area contributed by atoms with Gasteiger partial charge in [-0.05, 0) is 19.9 Å². The van der Waals surface area contributed by atoms with Crippen LogP contribution in [0.4, 0.5) is 0 Å². The number of carbonyl (C=O) groups excluding carboxylic acids is 2. The normalized spacial score (nSPS) is 20.7. The average Bonchev–Trinajstić information content (AvgIpc) is 2.21. The van der Waals surface area contributed by atoms with Crippen molar-refractivity contribution in [3.63, 3.8) is 0 Å². The Morgan fingerprint density at radius 3 is 2.33 bits per heavy atom. The highest BCUT2D eigenvalue weighted by atomic mass is 16.2. The molecule has 5 heteroatoms. The van der Waals surface area contributed by atoms with Crippen LogP contribution in [0.25, 0.3) is 0 Å². The Morgan fingerprint density at radius 1 is 1.40 bits per heavy atom. The first-order valence-electron chi connectivity index (χ1n) is 5.13. The molecule has 15 heavy (non-hydrogen) atoms. The van der Waals surface area contributed by atoms with Crippen LogP contribution in [0.5, 0.6) is 0 Å². The number of hydrogen-bond donors (Lipinski definition) is 1. The number of piperidine rings is 1. The second kappa shape index (κ2) is 4.61. The van der Waals surface area contributed by atoms with Gasteiger partial charge in [0.25, 0.3) is 0 Å². The number of hydrogen-bond acceptors (Lipinski definition) is 3. The molecule has 0 spiro atoms. The molecule has 0 aliphatic carbocycles. The maximum Gasteiger partial charge on any atom is 0.247 e. The van der Waals surface area contributed by atoms with Crippen molar-refractivity contribution in [1.82, 2.24) is 15.1 Å². The van der Waals surface area contributed by atoms with E-state index in [0.717, 1.165) is 13.1 Å². The van der Waals surface area contributed by atoms with Gasteiger partial charge < -0.3 is 15.1 Å². The Kier molecular flexibility index (Phi) is 3.68. The van der Waals surface area contributed by atoms with Gasteiger partial charge in [-0.15, -0.1) is 0 Å². The maximum absolute atomic E-state index is 12.0. The van der Waals surface area contributed by atoms with Crippen LogP contribution in [0.15, 0.2) is 0 Å². The minimum absolute atomic E-state index is 0.0114. The summed E-state index contributed by atoms with van der Waals surface area (Å²) in [5.74, 6) is -0.0114. The first kappa shape index (κ1) is 12.0. The number of likely N-dealkylation sites (N-methyl/N-ethyl adjacent to an activating group) is 1. The van der Waals surface area contributed by atoms with Crippen LogP contribution in [-0.4, -0.2) is 61.9 Å². The van der Waals surface area contributed by atoms with Crippen LogP contribution in [0, 0.1) is 0 Å². The number of nitrogens with zero attached hydrogens (tertiary/aromatic N) is 2. The smallest absolute Gasteiger partial charge is 0.247 e. The molecule has 1 rings (SSSR count). The van der Waals surface area contributed by atoms with E-state index < -0.39 is 5.54 Å². The molecule has 0 radical (unpaired) electrons. The van der Waals surface area contributed by atoms with E-state index in [1.54, 1.807) is 19.0 Å². The molecule has 0 aromatic heterocycles. The van der Waals surface area contributed by atoms with E-state index in [4.69, 9.17) is 0 Å². The van der Waals surface area contributed by atoms with Gasteiger partial charge in [-0.2, -0.15) is 0 Å². The van der Waals surface area contributed by atoms with Crippen LogP contribution in [-0.2, 0) is 9.59 Å². The van der Waals surface area contributed by atoms with Crippen LogP contribution in [0.3, 0.4) is 0 Å². The van der Waals surface area contributed by atoms with Crippen LogP contribution < -0.4 is 5.32 Å². The molecular formula is C10H19N3O2. The molecule has 0 atom stereocenters. The third kappa shape index (κ3) is 2.47. The molecule has 0 aromatic rings. The molecule has 1 aliphatic heterocycles. The second-order valence-corrected chi connectivity index (χ2v) is 4.35. The molecule has 2 amide bonds. The number of likely N-dealkylation sites (tertiary alicyclic amines) is 1. The topological polar surface area (TPSA) is 52.7 Å². The zero-order valence-corrected chi connectivity index (χ0v) is 9.62. The van der Waals surface area contributed by atoms with Gasteiger partial charge in [-0.25, -0.2) is 0 Å². The van der Waals surface area contributed by atoms with Gasteiger partial charge in [0.1, 0.15) is 5.54 Å². The van der Waals surface area contributed by atoms with Crippen molar-refractivity contribution in [3.8, 4) is 0 Å². The van der Waals surface area contributed by atoms with Crippen molar-refractivity contribution < 1.29 is 9.59 Å². The van der Waals surface area contributed by atoms with Crippen molar-refractivity contribution in [1.29, 1.82) is 0 Å². The number of carbonyl (C=O) groups is 2. The lowest BCUT2D eigenvalue weighted by Crippen LogP contribution is -2.60. The minimum atomic E-state index is -0.683. The van der Waals surface area contributed by atoms with Crippen LogP contribution in [0.2, 0.25) is 0 Å². The largest absolute Gasteiger partial charge is 0.347 e. The van der Waals surface area contributed by atoms with Crippen LogP contribution in [0.1, 0.15) is 12.8 Å². The molecule has 0 unspecified atom stereocenters. The lowest BCUT2D eigenvalue weighted by Gasteiger charge is -2.40. The maximum atomic E-state index is 12.0. The van der Waals surface area contributed by atoms with Gasteiger partial charge in [-0.1, -0.05) is 0 Å². The van der Waals surface area contributed by atoms with E-state index in [2.05, 4.69) is 10.2 Å². The summed E-state index contributed by atoms with van der Waals surface area (Å²) in [6, 6.07) is 0. The molecule has 1 saturated heterocycles. The van der Waals surface area contributed by atoms with Gasteiger partial charge in [0.2, 0.25) is 12.3 Å². The number of nitrogens with one attached hydrogen (secondary N) is 1. The highest BCUT2D eigenvalue weighted by Gasteiger charge is 2.41. The van der Waals surface area contributed by atoms with Gasteiger partial charge in [0, 0.05) is 27.2 Å². The molecule has 1 fully saturated rings. The Bertz CT molecular complexity index is 245. The van der Waals surface area contributed by atoms with E-state index in [-0.39, 0.29) is 5.91 Å². The third-order valence-corrected chi connectivity index (χ3v) is 2.99. The Balaban J connectivity index is 2.79. The molecule has 0 saturated carbocycles. The Morgan fingerprint density at radius 2 is 1.93 bits per heavy atom. The van der Waals surface area contributed by atoms with Crippen molar-refractivity contribution in [2.75, 3.05) is 34.2 Å². The van der Waals surface area contributed by atoms with E-state index in [9.17, 15) is 9.59 Å². The predicted molar refractivity (Wildman–Crippen MR) is 57.4 cm³/mol. The second-order valence-electron chi connectivity index (χ2n) is 4.35. The number of rotatable bonds is 3. The highest BCUT2D eigenvalue weighted by molar-refractivity contribution is 5.88. The highest BCUT2D eigenvalue weighted by Crippen LogP contribution is 2.22. The first-order chi connectivity index (χ1) is 7.02. The van der Waals surface area contributed by atoms with Crippen molar-refractivity contribution in [3.05, 3.63) is 0 Å². The fourth-order valence-electron chi connectivity index (χ4n) is 1.96. The monoisotopic (exact) mass is 213 g/mol. The summed E-state index contributed by atoms with van der Waals surface area (Å²) >= 11 is 0. The minimum Gasteiger partial charge on any atom is -0.347 e. The summed E-state index contributed by atoms with van der Waals surface area (Å²) in [5, 5.41) is 2.70.